The van der Waals surface area contributed by atoms with Gasteiger partial charge in [-0.3, -0.25) is 4.99 Å². The topological polar surface area (TPSA) is 24.7 Å². The predicted octanol–water partition coefficient (Wildman–Crippen LogP) is 4.45. The molecule has 0 spiro atoms. The maximum Gasteiger partial charge on any atom is 0.219 e. The highest BCUT2D eigenvalue weighted by Gasteiger charge is 2.07. The van der Waals surface area contributed by atoms with E-state index in [1.807, 2.05) is 6.92 Å². The second-order valence-electron chi connectivity index (χ2n) is 3.99. The Morgan fingerprint density at radius 3 is 2.33 bits per heavy atom. The lowest BCUT2D eigenvalue weighted by Crippen LogP contribution is -2.07. The average molecular weight is 251 g/mol. The van der Waals surface area contributed by atoms with Crippen LogP contribution in [0.25, 0.3) is 0 Å². The maximum absolute atomic E-state index is 5.81. The highest BCUT2D eigenvalue weighted by molar-refractivity contribution is 6.71. The van der Waals surface area contributed by atoms with Crippen LogP contribution in [-0.4, -0.2) is 16.5 Å². The minimum absolute atomic E-state index is 0.207. The summed E-state index contributed by atoms with van der Waals surface area (Å²) in [7, 11) is 0. The van der Waals surface area contributed by atoms with E-state index in [0.717, 1.165) is 6.42 Å². The minimum Gasteiger partial charge on any atom is -0.253 e. The molecule has 0 aromatic carbocycles. The van der Waals surface area contributed by atoms with Crippen molar-refractivity contribution in [2.45, 2.75) is 53.0 Å². The highest BCUT2D eigenvalue weighted by atomic mass is 35.5. The van der Waals surface area contributed by atoms with Gasteiger partial charge in [-0.1, -0.05) is 38.3 Å². The lowest BCUT2D eigenvalue weighted by Gasteiger charge is -2.12. The van der Waals surface area contributed by atoms with E-state index in [1.54, 1.807) is 6.92 Å². The van der Waals surface area contributed by atoms with Crippen LogP contribution >= 0.6 is 23.2 Å². The van der Waals surface area contributed by atoms with Crippen LogP contribution < -0.4 is 0 Å². The van der Waals surface area contributed by atoms with Crippen molar-refractivity contribution in [3.8, 4) is 0 Å². The molecule has 0 heterocycles. The van der Waals surface area contributed by atoms with Crippen molar-refractivity contribution in [1.29, 1.82) is 0 Å². The summed E-state index contributed by atoms with van der Waals surface area (Å²) in [5.74, 6) is 0.680. The summed E-state index contributed by atoms with van der Waals surface area (Å²) in [6, 6.07) is 0.207. The SMILES string of the molecule is CCCC(C)CC(C)/N=C(Cl)\N=C(/C)Cl. The molecule has 0 aliphatic carbocycles. The number of aliphatic imine (C=N–C) groups is 2. The van der Waals surface area contributed by atoms with Gasteiger partial charge in [-0.15, -0.1) is 0 Å². The number of nitrogens with zero attached hydrogens (tertiary/aromatic N) is 2. The van der Waals surface area contributed by atoms with Gasteiger partial charge in [0.15, 0.2) is 0 Å². The van der Waals surface area contributed by atoms with Crippen LogP contribution in [-0.2, 0) is 0 Å². The molecule has 0 amide bonds. The van der Waals surface area contributed by atoms with Gasteiger partial charge in [0.1, 0.15) is 5.17 Å². The van der Waals surface area contributed by atoms with Gasteiger partial charge in [0.05, 0.1) is 6.04 Å². The molecule has 0 aliphatic rings. The van der Waals surface area contributed by atoms with E-state index in [0.29, 0.717) is 11.1 Å². The Bertz CT molecular complexity index is 233. The molecule has 0 radical (unpaired) electrons. The molecule has 0 saturated heterocycles. The van der Waals surface area contributed by atoms with E-state index in [9.17, 15) is 0 Å². The normalized spacial score (nSPS) is 17.7. The van der Waals surface area contributed by atoms with Gasteiger partial charge >= 0.3 is 0 Å². The molecule has 2 atom stereocenters. The van der Waals surface area contributed by atoms with Crippen LogP contribution in [0.15, 0.2) is 9.98 Å². The molecule has 0 aromatic rings. The number of hydrogen-bond acceptors (Lipinski definition) is 1. The van der Waals surface area contributed by atoms with Crippen molar-refractivity contribution >= 4 is 33.7 Å². The lowest BCUT2D eigenvalue weighted by atomic mass is 9.98. The Hall–Kier alpha value is -0.0800. The van der Waals surface area contributed by atoms with Crippen molar-refractivity contribution < 1.29 is 0 Å². The quantitative estimate of drug-likeness (QED) is 0.391. The summed E-state index contributed by atoms with van der Waals surface area (Å²) in [6.07, 6.45) is 3.49. The first-order valence-electron chi connectivity index (χ1n) is 5.39. The Labute approximate surface area is 103 Å². The zero-order chi connectivity index (χ0) is 11.8. The van der Waals surface area contributed by atoms with Crippen LogP contribution in [0.3, 0.4) is 0 Å². The fourth-order valence-electron chi connectivity index (χ4n) is 1.58. The average Bonchev–Trinajstić information content (AvgIpc) is 2.00. The molecule has 15 heavy (non-hydrogen) atoms. The van der Waals surface area contributed by atoms with Gasteiger partial charge in [-0.05, 0) is 37.8 Å². The molecule has 4 heteroatoms. The molecular formula is C11H20Cl2N2. The van der Waals surface area contributed by atoms with Gasteiger partial charge in [-0.25, -0.2) is 4.99 Å². The van der Waals surface area contributed by atoms with Crippen LogP contribution in [0.4, 0.5) is 0 Å². The lowest BCUT2D eigenvalue weighted by molar-refractivity contribution is 0.449. The molecule has 0 rings (SSSR count). The van der Waals surface area contributed by atoms with Crippen LogP contribution in [0.1, 0.15) is 47.0 Å². The molecule has 88 valence electrons. The number of halogens is 2. The first kappa shape index (κ1) is 14.9. The molecule has 0 fully saturated rings. The third kappa shape index (κ3) is 8.88. The Morgan fingerprint density at radius 1 is 1.27 bits per heavy atom. The molecule has 0 aromatic heterocycles. The third-order valence-electron chi connectivity index (χ3n) is 2.10. The van der Waals surface area contributed by atoms with Crippen molar-refractivity contribution in [2.75, 3.05) is 0 Å². The fourth-order valence-corrected chi connectivity index (χ4v) is 2.00. The summed E-state index contributed by atoms with van der Waals surface area (Å²) < 4.78 is 0. The summed E-state index contributed by atoms with van der Waals surface area (Å²) in [5.41, 5.74) is 0. The number of amidine groups is 1. The van der Waals surface area contributed by atoms with Gasteiger partial charge in [0.2, 0.25) is 5.29 Å². The minimum atomic E-state index is 0.207. The summed E-state index contributed by atoms with van der Waals surface area (Å²) in [5, 5.41) is 0.663. The maximum atomic E-state index is 5.81. The standard InChI is InChI=1S/C11H20Cl2N2/c1-5-6-8(2)7-9(3)14-11(13)15-10(4)12/h8-9H,5-7H2,1-4H3/b14-11-,15-10+. The van der Waals surface area contributed by atoms with Crippen molar-refractivity contribution in [1.82, 2.24) is 0 Å². The highest BCUT2D eigenvalue weighted by Crippen LogP contribution is 2.14. The second-order valence-corrected chi connectivity index (χ2v) is 4.87. The third-order valence-corrected chi connectivity index (χ3v) is 2.36. The number of rotatable bonds is 5. The van der Waals surface area contributed by atoms with Crippen molar-refractivity contribution in [3.05, 3.63) is 0 Å². The first-order valence-corrected chi connectivity index (χ1v) is 6.15. The van der Waals surface area contributed by atoms with Gasteiger partial charge in [0, 0.05) is 0 Å². The van der Waals surface area contributed by atoms with E-state index in [-0.39, 0.29) is 11.3 Å². The Morgan fingerprint density at radius 2 is 1.87 bits per heavy atom. The van der Waals surface area contributed by atoms with E-state index in [2.05, 4.69) is 23.8 Å². The van der Waals surface area contributed by atoms with E-state index < -0.39 is 0 Å². The van der Waals surface area contributed by atoms with Gasteiger partial charge in [-0.2, -0.15) is 0 Å². The summed E-state index contributed by atoms with van der Waals surface area (Å²) in [6.45, 7) is 8.16. The van der Waals surface area contributed by atoms with E-state index >= 15 is 0 Å². The first-order chi connectivity index (χ1) is 6.95. The molecular weight excluding hydrogens is 231 g/mol. The molecule has 2 nitrogen and oxygen atoms in total. The molecule has 0 saturated carbocycles. The van der Waals surface area contributed by atoms with Crippen LogP contribution in [0.5, 0.6) is 0 Å². The second kappa shape index (κ2) is 8.12. The zero-order valence-corrected chi connectivity index (χ0v) is 11.4. The molecule has 0 aliphatic heterocycles. The Kier molecular flexibility index (Phi) is 8.07. The van der Waals surface area contributed by atoms with Crippen molar-refractivity contribution in [2.24, 2.45) is 15.9 Å². The molecule has 2 unspecified atom stereocenters. The molecule has 0 bridgehead atoms. The smallest absolute Gasteiger partial charge is 0.219 e. The van der Waals surface area contributed by atoms with Gasteiger partial charge < -0.3 is 0 Å². The zero-order valence-electron chi connectivity index (χ0n) is 9.93. The largest absolute Gasteiger partial charge is 0.253 e. The van der Waals surface area contributed by atoms with Crippen molar-refractivity contribution in [3.63, 3.8) is 0 Å². The van der Waals surface area contributed by atoms with Crippen LogP contribution in [0, 0.1) is 5.92 Å². The fraction of sp³-hybridized carbons (Fsp3) is 0.818. The number of hydrogen-bond donors (Lipinski definition) is 0. The van der Waals surface area contributed by atoms with Crippen LogP contribution in [0.2, 0.25) is 0 Å². The van der Waals surface area contributed by atoms with Gasteiger partial charge in [0.25, 0.3) is 0 Å². The summed E-state index contributed by atoms with van der Waals surface area (Å²) in [4.78, 5) is 8.12. The van der Waals surface area contributed by atoms with E-state index in [1.165, 1.54) is 12.8 Å². The Balaban J connectivity index is 4.11. The monoisotopic (exact) mass is 250 g/mol. The summed E-state index contributed by atoms with van der Waals surface area (Å²) >= 11 is 11.4. The molecule has 0 N–H and O–H groups in total. The van der Waals surface area contributed by atoms with E-state index in [4.69, 9.17) is 23.2 Å². The predicted molar refractivity (Wildman–Crippen MR) is 70.4 cm³/mol.